The van der Waals surface area contributed by atoms with E-state index in [-0.39, 0.29) is 0 Å². The van der Waals surface area contributed by atoms with E-state index in [1.165, 1.54) is 0 Å². The maximum Gasteiger partial charge on any atom is 0.318 e. The first-order chi connectivity index (χ1) is 18.2. The normalized spacial score (nSPS) is 13.3. The number of benzene rings is 3. The molecule has 0 atom stereocenters. The van der Waals surface area contributed by atoms with Crippen LogP contribution < -0.4 is 19.1 Å². The zero-order chi connectivity index (χ0) is 25.6. The van der Waals surface area contributed by atoms with Crippen LogP contribution in [0.4, 0.5) is 5.82 Å². The fourth-order valence-electron chi connectivity index (χ4n) is 4.52. The molecule has 1 saturated heterocycles. The summed E-state index contributed by atoms with van der Waals surface area (Å²) in [5.41, 5.74) is 4.38. The summed E-state index contributed by atoms with van der Waals surface area (Å²) < 4.78 is 22.6. The van der Waals surface area contributed by atoms with E-state index >= 15 is 0 Å². The molecule has 1 fully saturated rings. The van der Waals surface area contributed by atoms with E-state index < -0.39 is 0 Å². The molecule has 37 heavy (non-hydrogen) atoms. The highest BCUT2D eigenvalue weighted by atomic mass is 16.5. The standard InChI is InChI=1S/C29H28N4O4/c1-34-26-8-4-6-21(27(26)35-2)11-14-37-29-31-25-10-9-23(22-7-3-5-20(17-22)19-30)18-24(25)28(32-29)33-12-15-36-16-13-33/h3-10,17-18H,11-16H2,1-2H3. The Kier molecular flexibility index (Phi) is 7.33. The van der Waals surface area contributed by atoms with Gasteiger partial charge in [-0.15, -0.1) is 0 Å². The lowest BCUT2D eigenvalue weighted by Gasteiger charge is -2.29. The van der Waals surface area contributed by atoms with Crippen LogP contribution in [0.1, 0.15) is 11.1 Å². The van der Waals surface area contributed by atoms with Gasteiger partial charge in [0.2, 0.25) is 0 Å². The summed E-state index contributed by atoms with van der Waals surface area (Å²) >= 11 is 0. The highest BCUT2D eigenvalue weighted by Gasteiger charge is 2.19. The van der Waals surface area contributed by atoms with Crippen LogP contribution in [0.2, 0.25) is 0 Å². The molecular formula is C29H28N4O4. The van der Waals surface area contributed by atoms with Crippen molar-refractivity contribution in [3.8, 4) is 34.7 Å². The third kappa shape index (κ3) is 5.27. The van der Waals surface area contributed by atoms with Crippen LogP contribution in [0.5, 0.6) is 17.5 Å². The number of nitriles is 1. The van der Waals surface area contributed by atoms with Crippen LogP contribution in [-0.2, 0) is 11.2 Å². The van der Waals surface area contributed by atoms with Gasteiger partial charge >= 0.3 is 6.01 Å². The number of aromatic nitrogens is 2. The summed E-state index contributed by atoms with van der Waals surface area (Å²) in [7, 11) is 3.26. The fraction of sp³-hybridized carbons (Fsp3) is 0.276. The molecule has 2 heterocycles. The Bertz CT molecular complexity index is 1440. The lowest BCUT2D eigenvalue weighted by atomic mass is 10.0. The van der Waals surface area contributed by atoms with E-state index in [0.717, 1.165) is 46.5 Å². The lowest BCUT2D eigenvalue weighted by molar-refractivity contribution is 0.122. The second-order valence-electron chi connectivity index (χ2n) is 8.60. The lowest BCUT2D eigenvalue weighted by Crippen LogP contribution is -2.37. The molecule has 8 heteroatoms. The van der Waals surface area contributed by atoms with Crippen molar-refractivity contribution in [3.05, 3.63) is 71.8 Å². The Labute approximate surface area is 216 Å². The predicted molar refractivity (Wildman–Crippen MR) is 141 cm³/mol. The van der Waals surface area contributed by atoms with Crippen LogP contribution in [0, 0.1) is 11.3 Å². The van der Waals surface area contributed by atoms with Crippen molar-refractivity contribution in [1.29, 1.82) is 5.26 Å². The van der Waals surface area contributed by atoms with Crippen LogP contribution >= 0.6 is 0 Å². The number of hydrogen-bond donors (Lipinski definition) is 0. The largest absolute Gasteiger partial charge is 0.493 e. The van der Waals surface area contributed by atoms with Crippen molar-refractivity contribution in [2.45, 2.75) is 6.42 Å². The molecule has 0 aliphatic carbocycles. The zero-order valence-corrected chi connectivity index (χ0v) is 20.9. The first-order valence-corrected chi connectivity index (χ1v) is 12.2. The molecule has 0 saturated carbocycles. The quantitative estimate of drug-likeness (QED) is 0.348. The number of fused-ring (bicyclic) bond motifs is 1. The average Bonchev–Trinajstić information content (AvgIpc) is 2.96. The molecule has 4 aromatic rings. The SMILES string of the molecule is COc1cccc(CCOc2nc(N3CCOCC3)c3cc(-c4cccc(C#N)c4)ccc3n2)c1OC. The minimum absolute atomic E-state index is 0.329. The fourth-order valence-corrected chi connectivity index (χ4v) is 4.52. The second-order valence-corrected chi connectivity index (χ2v) is 8.60. The van der Waals surface area contributed by atoms with Crippen LogP contribution in [-0.4, -0.2) is 57.1 Å². The van der Waals surface area contributed by atoms with Crippen LogP contribution in [0.25, 0.3) is 22.0 Å². The zero-order valence-electron chi connectivity index (χ0n) is 20.9. The van der Waals surface area contributed by atoms with E-state index in [2.05, 4.69) is 17.0 Å². The number of ether oxygens (including phenoxy) is 4. The van der Waals surface area contributed by atoms with E-state index in [9.17, 15) is 5.26 Å². The number of rotatable bonds is 8. The highest BCUT2D eigenvalue weighted by molar-refractivity contribution is 5.93. The van der Waals surface area contributed by atoms with Gasteiger partial charge in [0.15, 0.2) is 11.5 Å². The smallest absolute Gasteiger partial charge is 0.318 e. The van der Waals surface area contributed by atoms with Crippen molar-refractivity contribution in [3.63, 3.8) is 0 Å². The summed E-state index contributed by atoms with van der Waals surface area (Å²) in [6, 6.07) is 22.0. The number of methoxy groups -OCH3 is 2. The number of para-hydroxylation sites is 1. The minimum atomic E-state index is 0.329. The van der Waals surface area contributed by atoms with Gasteiger partial charge in [-0.3, -0.25) is 0 Å². The average molecular weight is 497 g/mol. The predicted octanol–water partition coefficient (Wildman–Crippen LogP) is 4.64. The summed E-state index contributed by atoms with van der Waals surface area (Å²) in [6.45, 7) is 3.14. The third-order valence-electron chi connectivity index (χ3n) is 6.38. The molecule has 0 spiro atoms. The molecule has 1 aromatic heterocycles. The molecular weight excluding hydrogens is 468 g/mol. The molecule has 5 rings (SSSR count). The number of hydrogen-bond acceptors (Lipinski definition) is 8. The van der Waals surface area contributed by atoms with Crippen molar-refractivity contribution in [1.82, 2.24) is 9.97 Å². The Morgan fingerprint density at radius 2 is 1.76 bits per heavy atom. The molecule has 1 aliphatic rings. The van der Waals surface area contributed by atoms with E-state index in [1.807, 2.05) is 48.5 Å². The van der Waals surface area contributed by atoms with E-state index in [1.54, 1.807) is 20.3 Å². The second kappa shape index (κ2) is 11.1. The molecule has 0 N–H and O–H groups in total. The van der Waals surface area contributed by atoms with Gasteiger partial charge in [-0.25, -0.2) is 0 Å². The molecule has 8 nitrogen and oxygen atoms in total. The number of morpholine rings is 1. The van der Waals surface area contributed by atoms with Gasteiger partial charge < -0.3 is 23.8 Å². The maximum atomic E-state index is 9.31. The Morgan fingerprint density at radius 3 is 2.54 bits per heavy atom. The first kappa shape index (κ1) is 24.3. The van der Waals surface area contributed by atoms with Gasteiger partial charge in [0, 0.05) is 30.5 Å². The van der Waals surface area contributed by atoms with Crippen molar-refractivity contribution < 1.29 is 18.9 Å². The maximum absolute atomic E-state index is 9.31. The third-order valence-corrected chi connectivity index (χ3v) is 6.38. The van der Waals surface area contributed by atoms with Gasteiger partial charge in [0.05, 0.1) is 51.2 Å². The highest BCUT2D eigenvalue weighted by Crippen LogP contribution is 2.33. The first-order valence-electron chi connectivity index (χ1n) is 12.2. The Balaban J connectivity index is 1.46. The summed E-state index contributed by atoms with van der Waals surface area (Å²) in [5, 5.41) is 10.2. The molecule has 0 unspecified atom stereocenters. The summed E-state index contributed by atoms with van der Waals surface area (Å²) in [6.07, 6.45) is 0.614. The molecule has 0 amide bonds. The number of nitrogens with zero attached hydrogens (tertiary/aromatic N) is 4. The topological polar surface area (TPSA) is 89.7 Å². The van der Waals surface area contributed by atoms with Crippen molar-refractivity contribution in [2.24, 2.45) is 0 Å². The Morgan fingerprint density at radius 1 is 0.946 bits per heavy atom. The summed E-state index contributed by atoms with van der Waals surface area (Å²) in [5.74, 6) is 2.21. The molecule has 0 radical (unpaired) electrons. The van der Waals surface area contributed by atoms with Gasteiger partial charge in [-0.2, -0.15) is 15.2 Å². The van der Waals surface area contributed by atoms with Gasteiger partial charge in [0.1, 0.15) is 5.82 Å². The van der Waals surface area contributed by atoms with Gasteiger partial charge in [-0.05, 0) is 41.5 Å². The number of anilines is 1. The van der Waals surface area contributed by atoms with Gasteiger partial charge in [-0.1, -0.05) is 30.3 Å². The van der Waals surface area contributed by atoms with Crippen LogP contribution in [0.15, 0.2) is 60.7 Å². The van der Waals surface area contributed by atoms with Crippen molar-refractivity contribution in [2.75, 3.05) is 52.0 Å². The molecule has 0 bridgehead atoms. The minimum Gasteiger partial charge on any atom is -0.493 e. The monoisotopic (exact) mass is 496 g/mol. The van der Waals surface area contributed by atoms with Crippen LogP contribution in [0.3, 0.4) is 0 Å². The Hall–Kier alpha value is -4.35. The molecule has 188 valence electrons. The molecule has 1 aliphatic heterocycles. The molecule has 3 aromatic carbocycles. The summed E-state index contributed by atoms with van der Waals surface area (Å²) in [4.78, 5) is 11.7. The van der Waals surface area contributed by atoms with Crippen molar-refractivity contribution >= 4 is 16.7 Å². The van der Waals surface area contributed by atoms with E-state index in [0.29, 0.717) is 49.3 Å². The van der Waals surface area contributed by atoms with E-state index in [4.69, 9.17) is 28.9 Å². The van der Waals surface area contributed by atoms with Gasteiger partial charge in [0.25, 0.3) is 0 Å².